The highest BCUT2D eigenvalue weighted by molar-refractivity contribution is 5.02. The van der Waals surface area contributed by atoms with Crippen molar-refractivity contribution in [3.05, 3.63) is 24.3 Å². The first kappa shape index (κ1) is 16.5. The summed E-state index contributed by atoms with van der Waals surface area (Å²) in [6.45, 7) is 7.10. The van der Waals surface area contributed by atoms with Gasteiger partial charge in [-0.3, -0.25) is 0 Å². The monoisotopic (exact) mass is 263 g/mol. The Labute approximate surface area is 120 Å². The Morgan fingerprint density at radius 3 is 2.53 bits per heavy atom. The molecule has 0 aromatic heterocycles. The van der Waals surface area contributed by atoms with E-state index in [0.29, 0.717) is 0 Å². The molecule has 110 valence electrons. The lowest BCUT2D eigenvalue weighted by Crippen LogP contribution is -2.28. The maximum atomic E-state index is 2.64. The van der Waals surface area contributed by atoms with Crippen molar-refractivity contribution < 1.29 is 0 Å². The van der Waals surface area contributed by atoms with Gasteiger partial charge in [-0.15, -0.1) is 0 Å². The standard InChI is InChI=1S/C18H33N/c1-3-5-6-7-8-9-10-11-12-13-15-18-16-14-17-19(18)4-2/h9-12,18H,3-8,13-17H2,1-2H3. The quantitative estimate of drug-likeness (QED) is 0.380. The summed E-state index contributed by atoms with van der Waals surface area (Å²) < 4.78 is 0. The average Bonchev–Trinajstić information content (AvgIpc) is 2.88. The third-order valence-corrected chi connectivity index (χ3v) is 4.18. The molecule has 1 aliphatic rings. The van der Waals surface area contributed by atoms with Crippen LogP contribution in [0.15, 0.2) is 24.3 Å². The molecule has 0 aliphatic carbocycles. The van der Waals surface area contributed by atoms with Gasteiger partial charge in [0.2, 0.25) is 0 Å². The van der Waals surface area contributed by atoms with Crippen molar-refractivity contribution in [2.75, 3.05) is 13.1 Å². The van der Waals surface area contributed by atoms with Crippen molar-refractivity contribution in [3.8, 4) is 0 Å². The first-order valence-electron chi connectivity index (χ1n) is 8.44. The van der Waals surface area contributed by atoms with E-state index in [0.717, 1.165) is 6.04 Å². The first-order chi connectivity index (χ1) is 9.38. The summed E-state index contributed by atoms with van der Waals surface area (Å²) in [7, 11) is 0. The van der Waals surface area contributed by atoms with Crippen LogP contribution in [0.1, 0.15) is 71.6 Å². The Morgan fingerprint density at radius 2 is 1.79 bits per heavy atom. The Hall–Kier alpha value is -0.560. The van der Waals surface area contributed by atoms with Crippen LogP contribution < -0.4 is 0 Å². The van der Waals surface area contributed by atoms with E-state index in [2.05, 4.69) is 43.1 Å². The summed E-state index contributed by atoms with van der Waals surface area (Å²) in [6.07, 6.45) is 21.2. The van der Waals surface area contributed by atoms with Crippen molar-refractivity contribution in [2.24, 2.45) is 0 Å². The fraction of sp³-hybridized carbons (Fsp3) is 0.778. The van der Waals surface area contributed by atoms with Gasteiger partial charge >= 0.3 is 0 Å². The van der Waals surface area contributed by atoms with Gasteiger partial charge < -0.3 is 4.90 Å². The summed E-state index contributed by atoms with van der Waals surface area (Å²) in [5.74, 6) is 0. The molecule has 0 spiro atoms. The predicted octanol–water partition coefficient (Wildman–Crippen LogP) is 5.33. The normalized spacial score (nSPS) is 21.1. The minimum absolute atomic E-state index is 0.854. The van der Waals surface area contributed by atoms with E-state index in [4.69, 9.17) is 0 Å². The van der Waals surface area contributed by atoms with Crippen LogP contribution in [0.3, 0.4) is 0 Å². The Kier molecular flexibility index (Phi) is 9.79. The fourth-order valence-corrected chi connectivity index (χ4v) is 2.97. The van der Waals surface area contributed by atoms with Gasteiger partial charge in [0, 0.05) is 6.04 Å². The third kappa shape index (κ3) is 7.57. The Morgan fingerprint density at radius 1 is 1.00 bits per heavy atom. The van der Waals surface area contributed by atoms with Crippen molar-refractivity contribution >= 4 is 0 Å². The molecular formula is C18H33N. The van der Waals surface area contributed by atoms with Gasteiger partial charge in [-0.1, -0.05) is 57.4 Å². The SMILES string of the molecule is CCCCCCC=CC=CCCC1CCCN1CC. The molecule has 0 saturated carbocycles. The fourth-order valence-electron chi connectivity index (χ4n) is 2.97. The van der Waals surface area contributed by atoms with Crippen LogP contribution in [-0.2, 0) is 0 Å². The summed E-state index contributed by atoms with van der Waals surface area (Å²) in [5.41, 5.74) is 0. The van der Waals surface area contributed by atoms with Gasteiger partial charge in [-0.05, 0) is 51.6 Å². The molecule has 0 N–H and O–H groups in total. The molecule has 0 radical (unpaired) electrons. The molecule has 0 aromatic carbocycles. The summed E-state index contributed by atoms with van der Waals surface area (Å²) in [4.78, 5) is 2.64. The molecule has 1 heterocycles. The number of likely N-dealkylation sites (tertiary alicyclic amines) is 1. The Bertz CT molecular complexity index is 254. The van der Waals surface area contributed by atoms with E-state index in [1.54, 1.807) is 0 Å². The van der Waals surface area contributed by atoms with E-state index >= 15 is 0 Å². The Balaban J connectivity index is 1.99. The molecular weight excluding hydrogens is 230 g/mol. The first-order valence-corrected chi connectivity index (χ1v) is 8.44. The highest BCUT2D eigenvalue weighted by Crippen LogP contribution is 2.20. The smallest absolute Gasteiger partial charge is 0.00985 e. The van der Waals surface area contributed by atoms with Crippen LogP contribution in [0.4, 0.5) is 0 Å². The van der Waals surface area contributed by atoms with Crippen molar-refractivity contribution in [2.45, 2.75) is 77.7 Å². The molecule has 1 fully saturated rings. The molecule has 19 heavy (non-hydrogen) atoms. The predicted molar refractivity (Wildman–Crippen MR) is 86.5 cm³/mol. The second-order valence-corrected chi connectivity index (χ2v) is 5.71. The molecule has 0 bridgehead atoms. The third-order valence-electron chi connectivity index (χ3n) is 4.18. The molecule has 1 unspecified atom stereocenters. The molecule has 0 aromatic rings. The van der Waals surface area contributed by atoms with Gasteiger partial charge in [0.1, 0.15) is 0 Å². The highest BCUT2D eigenvalue weighted by Gasteiger charge is 2.21. The van der Waals surface area contributed by atoms with E-state index in [9.17, 15) is 0 Å². The lowest BCUT2D eigenvalue weighted by molar-refractivity contribution is 0.257. The van der Waals surface area contributed by atoms with Crippen LogP contribution in [-0.4, -0.2) is 24.0 Å². The second-order valence-electron chi connectivity index (χ2n) is 5.71. The lowest BCUT2D eigenvalue weighted by atomic mass is 10.1. The van der Waals surface area contributed by atoms with Crippen molar-refractivity contribution in [1.29, 1.82) is 0 Å². The number of hydrogen-bond donors (Lipinski definition) is 0. The van der Waals surface area contributed by atoms with Crippen molar-refractivity contribution in [3.63, 3.8) is 0 Å². The molecule has 1 nitrogen and oxygen atoms in total. The van der Waals surface area contributed by atoms with Crippen molar-refractivity contribution in [1.82, 2.24) is 4.90 Å². The van der Waals surface area contributed by atoms with Crippen LogP contribution in [0.2, 0.25) is 0 Å². The van der Waals surface area contributed by atoms with Crippen LogP contribution >= 0.6 is 0 Å². The number of unbranched alkanes of at least 4 members (excludes halogenated alkanes) is 4. The number of hydrogen-bond acceptors (Lipinski definition) is 1. The summed E-state index contributed by atoms with van der Waals surface area (Å²) >= 11 is 0. The average molecular weight is 263 g/mol. The minimum atomic E-state index is 0.854. The zero-order valence-corrected chi connectivity index (χ0v) is 13.1. The molecule has 1 saturated heterocycles. The van der Waals surface area contributed by atoms with Gasteiger partial charge in [0.15, 0.2) is 0 Å². The zero-order valence-electron chi connectivity index (χ0n) is 13.1. The number of nitrogens with zero attached hydrogens (tertiary/aromatic N) is 1. The maximum absolute atomic E-state index is 2.64. The lowest BCUT2D eigenvalue weighted by Gasteiger charge is -2.21. The second kappa shape index (κ2) is 11.3. The summed E-state index contributed by atoms with van der Waals surface area (Å²) in [6, 6.07) is 0.854. The highest BCUT2D eigenvalue weighted by atomic mass is 15.2. The number of allylic oxidation sites excluding steroid dienone is 4. The van der Waals surface area contributed by atoms with Crippen LogP contribution in [0.25, 0.3) is 0 Å². The minimum Gasteiger partial charge on any atom is -0.301 e. The number of rotatable bonds is 10. The van der Waals surface area contributed by atoms with Gasteiger partial charge in [-0.2, -0.15) is 0 Å². The van der Waals surface area contributed by atoms with Crippen LogP contribution in [0, 0.1) is 0 Å². The van der Waals surface area contributed by atoms with Gasteiger partial charge in [0.25, 0.3) is 0 Å². The topological polar surface area (TPSA) is 3.24 Å². The van der Waals surface area contributed by atoms with E-state index < -0.39 is 0 Å². The maximum Gasteiger partial charge on any atom is 0.00985 e. The van der Waals surface area contributed by atoms with E-state index in [1.807, 2.05) is 0 Å². The largest absolute Gasteiger partial charge is 0.301 e. The van der Waals surface area contributed by atoms with E-state index in [1.165, 1.54) is 70.9 Å². The summed E-state index contributed by atoms with van der Waals surface area (Å²) in [5, 5.41) is 0. The zero-order chi connectivity index (χ0) is 13.8. The molecule has 1 rings (SSSR count). The van der Waals surface area contributed by atoms with Gasteiger partial charge in [0.05, 0.1) is 0 Å². The molecule has 1 atom stereocenters. The molecule has 1 heteroatoms. The van der Waals surface area contributed by atoms with E-state index in [-0.39, 0.29) is 0 Å². The van der Waals surface area contributed by atoms with Gasteiger partial charge in [-0.25, -0.2) is 0 Å². The molecule has 0 amide bonds. The molecule has 1 aliphatic heterocycles. The van der Waals surface area contributed by atoms with Crippen LogP contribution in [0.5, 0.6) is 0 Å².